The number of sulfone groups is 1. The van der Waals surface area contributed by atoms with Gasteiger partial charge in [0.25, 0.3) is 0 Å². The van der Waals surface area contributed by atoms with Gasteiger partial charge in [0.15, 0.2) is 15.1 Å². The van der Waals surface area contributed by atoms with Gasteiger partial charge in [-0.1, -0.05) is 42.5 Å². The van der Waals surface area contributed by atoms with E-state index in [0.717, 1.165) is 29.7 Å². The molecule has 236 valence electrons. The van der Waals surface area contributed by atoms with Crippen LogP contribution in [0.4, 0.5) is 14.9 Å². The molecule has 1 aliphatic carbocycles. The molecule has 45 heavy (non-hydrogen) atoms. The minimum absolute atomic E-state index is 0.0701. The molecule has 11 nitrogen and oxygen atoms in total. The highest BCUT2D eigenvalue weighted by atomic mass is 32.2. The summed E-state index contributed by atoms with van der Waals surface area (Å²) in [4.78, 5) is 41.8. The first kappa shape index (κ1) is 32.0. The van der Waals surface area contributed by atoms with E-state index < -0.39 is 57.7 Å². The van der Waals surface area contributed by atoms with Crippen molar-refractivity contribution in [3.05, 3.63) is 83.1 Å². The number of halogens is 1. The third-order valence-electron chi connectivity index (χ3n) is 6.92. The lowest BCUT2D eigenvalue weighted by atomic mass is 10.0. The molecule has 0 aliphatic heterocycles. The highest BCUT2D eigenvalue weighted by Gasteiger charge is 2.37. The number of carbonyl (C=O) groups excluding carboxylic acids is 3. The van der Waals surface area contributed by atoms with Crippen LogP contribution in [0.3, 0.4) is 0 Å². The maximum absolute atomic E-state index is 15.3. The molecule has 1 atom stereocenters. The zero-order chi connectivity index (χ0) is 32.0. The second-order valence-corrected chi connectivity index (χ2v) is 13.8. The van der Waals surface area contributed by atoms with E-state index in [9.17, 15) is 27.9 Å². The van der Waals surface area contributed by atoms with Gasteiger partial charge in [-0.2, -0.15) is 0 Å². The number of carbonyl (C=O) groups is 3. The second kappa shape index (κ2) is 14.1. The summed E-state index contributed by atoms with van der Waals surface area (Å²) in [6.45, 7) is -0.692. The van der Waals surface area contributed by atoms with E-state index in [4.69, 9.17) is 4.74 Å². The molecule has 4 N–H and O–H groups in total. The Morgan fingerprint density at radius 3 is 2.49 bits per heavy atom. The van der Waals surface area contributed by atoms with Crippen molar-refractivity contribution in [1.82, 2.24) is 15.6 Å². The summed E-state index contributed by atoms with van der Waals surface area (Å²) in [6, 6.07) is 18.3. The first-order valence-electron chi connectivity index (χ1n) is 14.2. The molecule has 1 unspecified atom stereocenters. The number of anilines is 1. The largest absolute Gasteiger partial charge is 0.444 e. The number of nitrogens with one attached hydrogen (secondary N) is 3. The Kier molecular flexibility index (Phi) is 10.1. The van der Waals surface area contributed by atoms with E-state index in [-0.39, 0.29) is 35.2 Å². The topological polar surface area (TPSA) is 164 Å². The summed E-state index contributed by atoms with van der Waals surface area (Å²) in [6.07, 6.45) is 0.971. The normalized spacial score (nSPS) is 13.6. The van der Waals surface area contributed by atoms with Crippen LogP contribution >= 0.6 is 11.3 Å². The molecule has 0 saturated heterocycles. The summed E-state index contributed by atoms with van der Waals surface area (Å²) < 4.78 is 47.2. The van der Waals surface area contributed by atoms with Gasteiger partial charge in [-0.15, -0.1) is 11.3 Å². The number of rotatable bonds is 13. The molecule has 1 heterocycles. The molecule has 0 spiro atoms. The zero-order valence-electron chi connectivity index (χ0n) is 24.0. The van der Waals surface area contributed by atoms with Crippen molar-refractivity contribution >= 4 is 55.0 Å². The van der Waals surface area contributed by atoms with Gasteiger partial charge in [0.1, 0.15) is 17.4 Å². The molecule has 5 rings (SSSR count). The molecule has 1 aromatic heterocycles. The number of aromatic nitrogens is 1. The van der Waals surface area contributed by atoms with E-state index in [0.29, 0.717) is 16.0 Å². The molecule has 1 saturated carbocycles. The SMILES string of the molecule is O=C(CNC(=O)C(c1nc2cc(-c3ccc(NC(=O)OCc4ccccc4)cc3)c(F)cc2s1)S(=O)(=O)CCCO)NC1CC1. The van der Waals surface area contributed by atoms with Gasteiger partial charge < -0.3 is 20.5 Å². The Morgan fingerprint density at radius 2 is 1.80 bits per heavy atom. The maximum atomic E-state index is 15.3. The Morgan fingerprint density at radius 1 is 1.07 bits per heavy atom. The summed E-state index contributed by atoms with van der Waals surface area (Å²) >= 11 is 0.864. The average Bonchev–Trinajstić information content (AvgIpc) is 3.75. The lowest BCUT2D eigenvalue weighted by Crippen LogP contribution is -2.41. The second-order valence-electron chi connectivity index (χ2n) is 10.5. The zero-order valence-corrected chi connectivity index (χ0v) is 25.6. The molecule has 1 aliphatic rings. The molecule has 1 fully saturated rings. The molecule has 3 amide bonds. The van der Waals surface area contributed by atoms with Crippen LogP contribution in [0.5, 0.6) is 0 Å². The van der Waals surface area contributed by atoms with Crippen molar-refractivity contribution in [2.75, 3.05) is 24.2 Å². The van der Waals surface area contributed by atoms with Crippen LogP contribution in [-0.4, -0.2) is 61.4 Å². The smallest absolute Gasteiger partial charge is 0.411 e. The van der Waals surface area contributed by atoms with Crippen LogP contribution in [0.1, 0.15) is 35.1 Å². The van der Waals surface area contributed by atoms with Crippen LogP contribution in [0.2, 0.25) is 0 Å². The predicted octanol–water partition coefficient (Wildman–Crippen LogP) is 4.08. The monoisotopic (exact) mass is 654 g/mol. The van der Waals surface area contributed by atoms with Crippen molar-refractivity contribution in [2.24, 2.45) is 0 Å². The maximum Gasteiger partial charge on any atom is 0.411 e. The molecule has 3 aromatic carbocycles. The number of hydrogen-bond donors (Lipinski definition) is 4. The molecular formula is C31H31FN4O7S2. The Balaban J connectivity index is 1.33. The van der Waals surface area contributed by atoms with Gasteiger partial charge in [0.2, 0.25) is 11.8 Å². The summed E-state index contributed by atoms with van der Waals surface area (Å²) in [5.41, 5.74) is 2.20. The van der Waals surface area contributed by atoms with Crippen molar-refractivity contribution < 1.29 is 37.0 Å². The molecule has 0 bridgehead atoms. The summed E-state index contributed by atoms with van der Waals surface area (Å²) in [5, 5.41) is 15.1. The number of amides is 3. The number of thiazole rings is 1. The predicted molar refractivity (Wildman–Crippen MR) is 168 cm³/mol. The fourth-order valence-corrected chi connectivity index (χ4v) is 7.56. The van der Waals surface area contributed by atoms with Gasteiger partial charge in [0, 0.05) is 23.9 Å². The Labute approximate surface area is 262 Å². The third kappa shape index (κ3) is 8.41. The van der Waals surface area contributed by atoms with E-state index in [2.05, 4.69) is 20.9 Å². The number of ether oxygens (including phenoxy) is 1. The van der Waals surface area contributed by atoms with Gasteiger partial charge in [0.05, 0.1) is 22.5 Å². The number of benzene rings is 3. The third-order valence-corrected chi connectivity index (χ3v) is 10.2. The Hall–Kier alpha value is -4.40. The average molecular weight is 655 g/mol. The standard InChI is InChI=1S/C31H31FN4O7S2/c32-24-16-26-25(15-23(24)20-7-9-22(10-8-20)35-31(40)43-18-19-5-2-1-3-6-19)36-30(44-26)28(45(41,42)14-4-13-37)29(39)33-17-27(38)34-21-11-12-21/h1-3,5-10,15-16,21,28,37H,4,11-14,17-18H2,(H,33,39)(H,34,38)(H,35,40). The van der Waals surface area contributed by atoms with Crippen molar-refractivity contribution in [2.45, 2.75) is 37.2 Å². The van der Waals surface area contributed by atoms with E-state index in [1.165, 1.54) is 12.1 Å². The van der Waals surface area contributed by atoms with Gasteiger partial charge in [-0.25, -0.2) is 22.6 Å². The highest BCUT2D eigenvalue weighted by molar-refractivity contribution is 7.92. The minimum atomic E-state index is -4.14. The van der Waals surface area contributed by atoms with Crippen LogP contribution in [0, 0.1) is 5.82 Å². The Bertz CT molecular complexity index is 1790. The first-order chi connectivity index (χ1) is 21.6. The first-order valence-corrected chi connectivity index (χ1v) is 16.7. The molecule has 0 radical (unpaired) electrons. The van der Waals surface area contributed by atoms with Gasteiger partial charge >= 0.3 is 6.09 Å². The number of fused-ring (bicyclic) bond motifs is 1. The van der Waals surface area contributed by atoms with Crippen LogP contribution in [-0.2, 0) is 30.8 Å². The van der Waals surface area contributed by atoms with E-state index in [1.807, 2.05) is 30.3 Å². The summed E-state index contributed by atoms with van der Waals surface area (Å²) in [5.74, 6) is -2.43. The number of nitrogens with zero attached hydrogens (tertiary/aromatic N) is 1. The van der Waals surface area contributed by atoms with Crippen molar-refractivity contribution in [3.8, 4) is 11.1 Å². The summed E-state index contributed by atoms with van der Waals surface area (Å²) in [7, 11) is -4.14. The van der Waals surface area contributed by atoms with Crippen molar-refractivity contribution in [3.63, 3.8) is 0 Å². The molecular weight excluding hydrogens is 623 g/mol. The van der Waals surface area contributed by atoms with Crippen LogP contribution in [0.15, 0.2) is 66.7 Å². The molecule has 14 heteroatoms. The highest BCUT2D eigenvalue weighted by Crippen LogP contribution is 2.35. The van der Waals surface area contributed by atoms with Gasteiger partial charge in [-0.05, 0) is 54.7 Å². The lowest BCUT2D eigenvalue weighted by molar-refractivity contribution is -0.126. The lowest BCUT2D eigenvalue weighted by Gasteiger charge is -2.15. The van der Waals surface area contributed by atoms with E-state index >= 15 is 4.39 Å². The number of aliphatic hydroxyl groups is 1. The fourth-order valence-electron chi connectivity index (χ4n) is 4.49. The van der Waals surface area contributed by atoms with Crippen LogP contribution in [0.25, 0.3) is 21.3 Å². The number of hydrogen-bond acceptors (Lipinski definition) is 9. The fraction of sp³-hybridized carbons (Fsp3) is 0.290. The number of aliphatic hydroxyl groups excluding tert-OH is 1. The van der Waals surface area contributed by atoms with E-state index in [1.54, 1.807) is 24.3 Å². The minimum Gasteiger partial charge on any atom is -0.444 e. The van der Waals surface area contributed by atoms with Crippen LogP contribution < -0.4 is 16.0 Å². The van der Waals surface area contributed by atoms with Crippen molar-refractivity contribution in [1.29, 1.82) is 0 Å². The van der Waals surface area contributed by atoms with Gasteiger partial charge in [-0.3, -0.25) is 14.9 Å². The quantitative estimate of drug-likeness (QED) is 0.168. The molecule has 4 aromatic rings.